The smallest absolute Gasteiger partial charge is 0.0998 e. The zero-order valence-electron chi connectivity index (χ0n) is 9.90. The van der Waals surface area contributed by atoms with E-state index in [4.69, 9.17) is 4.98 Å². The molecule has 0 aliphatic carbocycles. The van der Waals surface area contributed by atoms with Crippen molar-refractivity contribution in [3.05, 3.63) is 29.3 Å². The fraction of sp³-hybridized carbons (Fsp3) is 0.462. The molecule has 0 saturated carbocycles. The molecule has 1 fully saturated rings. The molecule has 1 aromatic heterocycles. The third-order valence-corrected chi connectivity index (χ3v) is 4.86. The van der Waals surface area contributed by atoms with Crippen LogP contribution in [0.2, 0.25) is 0 Å². The molecule has 3 rings (SSSR count). The van der Waals surface area contributed by atoms with Crippen molar-refractivity contribution in [3.8, 4) is 0 Å². The maximum absolute atomic E-state index is 4.80. The summed E-state index contributed by atoms with van der Waals surface area (Å²) in [6.07, 6.45) is 2.40. The van der Waals surface area contributed by atoms with Gasteiger partial charge >= 0.3 is 0 Å². The molecule has 1 aliphatic rings. The quantitative estimate of drug-likeness (QED) is 0.858. The molecule has 0 atom stereocenters. The van der Waals surface area contributed by atoms with E-state index < -0.39 is 0 Å². The monoisotopic (exact) mass is 268 g/mol. The number of benzene rings is 1. The van der Waals surface area contributed by atoms with Crippen LogP contribution in [0.4, 0.5) is 0 Å². The van der Waals surface area contributed by atoms with Crippen molar-refractivity contribution in [3.63, 3.8) is 0 Å². The number of piperidine rings is 1. The Hall–Kier alpha value is -0.640. The maximum atomic E-state index is 4.80. The molecule has 4 heteroatoms. The number of halogens is 1. The highest BCUT2D eigenvalue weighted by Crippen LogP contribution is 2.37. The van der Waals surface area contributed by atoms with Gasteiger partial charge in [-0.05, 0) is 38.1 Å². The molecule has 92 valence electrons. The van der Waals surface area contributed by atoms with Gasteiger partial charge in [-0.3, -0.25) is 0 Å². The molecule has 17 heavy (non-hydrogen) atoms. The van der Waals surface area contributed by atoms with Crippen LogP contribution in [0, 0.1) is 0 Å². The Bertz CT molecular complexity index is 470. The van der Waals surface area contributed by atoms with Gasteiger partial charge in [-0.15, -0.1) is 23.7 Å². The summed E-state index contributed by atoms with van der Waals surface area (Å²) < 4.78 is 1.32. The van der Waals surface area contributed by atoms with Crippen molar-refractivity contribution in [2.75, 3.05) is 13.1 Å². The van der Waals surface area contributed by atoms with Crippen molar-refractivity contribution < 1.29 is 0 Å². The Morgan fingerprint density at radius 2 is 1.94 bits per heavy atom. The lowest BCUT2D eigenvalue weighted by atomic mass is 9.82. The number of hydrogen-bond acceptors (Lipinski definition) is 3. The number of rotatable bonds is 1. The summed E-state index contributed by atoms with van der Waals surface area (Å²) >= 11 is 1.86. The number of aromatic nitrogens is 1. The average molecular weight is 269 g/mol. The van der Waals surface area contributed by atoms with Crippen molar-refractivity contribution in [1.29, 1.82) is 0 Å². The number of thiazole rings is 1. The topological polar surface area (TPSA) is 24.9 Å². The molecule has 0 radical (unpaired) electrons. The zero-order chi connectivity index (χ0) is 11.0. The van der Waals surface area contributed by atoms with Crippen LogP contribution in [0.1, 0.15) is 24.8 Å². The molecule has 0 bridgehead atoms. The van der Waals surface area contributed by atoms with E-state index in [2.05, 4.69) is 36.5 Å². The Morgan fingerprint density at radius 3 is 2.65 bits per heavy atom. The third-order valence-electron chi connectivity index (χ3n) is 3.52. The summed E-state index contributed by atoms with van der Waals surface area (Å²) in [5.74, 6) is 0. The first-order valence-corrected chi connectivity index (χ1v) is 6.66. The lowest BCUT2D eigenvalue weighted by molar-refractivity contribution is 0.334. The molecule has 1 aliphatic heterocycles. The van der Waals surface area contributed by atoms with Gasteiger partial charge in [0.2, 0.25) is 0 Å². The summed E-state index contributed by atoms with van der Waals surface area (Å²) in [5.41, 5.74) is 1.44. The van der Waals surface area contributed by atoms with Gasteiger partial charge in [0.25, 0.3) is 0 Å². The lowest BCUT2D eigenvalue weighted by Gasteiger charge is -2.31. The molecule has 0 unspecified atom stereocenters. The minimum absolute atomic E-state index is 0. The van der Waals surface area contributed by atoms with E-state index in [1.165, 1.54) is 22.5 Å². The summed E-state index contributed by atoms with van der Waals surface area (Å²) in [6, 6.07) is 8.44. The second-order valence-electron chi connectivity index (χ2n) is 4.80. The second kappa shape index (κ2) is 4.92. The van der Waals surface area contributed by atoms with E-state index in [0.29, 0.717) is 0 Å². The predicted octanol–water partition coefficient (Wildman–Crippen LogP) is 3.36. The van der Waals surface area contributed by atoms with Gasteiger partial charge in [0.05, 0.1) is 15.2 Å². The number of para-hydroxylation sites is 1. The van der Waals surface area contributed by atoms with Crippen LogP contribution in [0.15, 0.2) is 24.3 Å². The van der Waals surface area contributed by atoms with Crippen LogP contribution in [-0.4, -0.2) is 18.1 Å². The van der Waals surface area contributed by atoms with Gasteiger partial charge < -0.3 is 5.32 Å². The van der Waals surface area contributed by atoms with E-state index in [-0.39, 0.29) is 17.8 Å². The average Bonchev–Trinajstić information content (AvgIpc) is 2.74. The highest BCUT2D eigenvalue weighted by Gasteiger charge is 2.31. The molecule has 2 aromatic rings. The van der Waals surface area contributed by atoms with Crippen molar-refractivity contribution in [2.45, 2.75) is 25.2 Å². The highest BCUT2D eigenvalue weighted by atomic mass is 35.5. The molecular weight excluding hydrogens is 252 g/mol. The van der Waals surface area contributed by atoms with Crippen LogP contribution in [0.5, 0.6) is 0 Å². The van der Waals surface area contributed by atoms with Gasteiger partial charge in [-0.25, -0.2) is 4.98 Å². The minimum Gasteiger partial charge on any atom is -0.317 e. The molecule has 2 heterocycles. The maximum Gasteiger partial charge on any atom is 0.0998 e. The van der Waals surface area contributed by atoms with Crippen LogP contribution in [-0.2, 0) is 5.41 Å². The second-order valence-corrected chi connectivity index (χ2v) is 5.83. The summed E-state index contributed by atoms with van der Waals surface area (Å²) in [5, 5.41) is 4.74. The van der Waals surface area contributed by atoms with Gasteiger partial charge in [-0.2, -0.15) is 0 Å². The van der Waals surface area contributed by atoms with Crippen LogP contribution >= 0.6 is 23.7 Å². The number of nitrogens with zero attached hydrogens (tertiary/aromatic N) is 1. The Labute approximate surface area is 112 Å². The fourth-order valence-corrected chi connectivity index (χ4v) is 3.49. The first-order chi connectivity index (χ1) is 7.78. The summed E-state index contributed by atoms with van der Waals surface area (Å²) in [6.45, 7) is 4.59. The molecule has 1 aromatic carbocycles. The van der Waals surface area contributed by atoms with E-state index in [1.54, 1.807) is 0 Å². The van der Waals surface area contributed by atoms with E-state index in [1.807, 2.05) is 11.3 Å². The predicted molar refractivity (Wildman–Crippen MR) is 76.3 cm³/mol. The molecule has 1 N–H and O–H groups in total. The molecule has 0 spiro atoms. The van der Waals surface area contributed by atoms with Crippen molar-refractivity contribution in [1.82, 2.24) is 10.3 Å². The van der Waals surface area contributed by atoms with Crippen molar-refractivity contribution >= 4 is 34.0 Å². The van der Waals surface area contributed by atoms with Gasteiger partial charge in [-0.1, -0.05) is 19.1 Å². The van der Waals surface area contributed by atoms with Crippen LogP contribution in [0.25, 0.3) is 10.2 Å². The largest absolute Gasteiger partial charge is 0.317 e. The SMILES string of the molecule is CC1(c2nc3ccccc3s2)CCNCC1.Cl. The van der Waals surface area contributed by atoms with Crippen molar-refractivity contribution in [2.24, 2.45) is 0 Å². The summed E-state index contributed by atoms with van der Waals surface area (Å²) in [7, 11) is 0. The van der Waals surface area contributed by atoms with E-state index in [9.17, 15) is 0 Å². The molecular formula is C13H17ClN2S. The third kappa shape index (κ3) is 2.32. The van der Waals surface area contributed by atoms with Gasteiger partial charge in [0, 0.05) is 5.41 Å². The van der Waals surface area contributed by atoms with Gasteiger partial charge in [0.1, 0.15) is 0 Å². The van der Waals surface area contributed by atoms with Gasteiger partial charge in [0.15, 0.2) is 0 Å². The number of hydrogen-bond donors (Lipinski definition) is 1. The number of nitrogens with one attached hydrogen (secondary N) is 1. The minimum atomic E-state index is 0. The van der Waals surface area contributed by atoms with Crippen LogP contribution in [0.3, 0.4) is 0 Å². The fourth-order valence-electron chi connectivity index (χ4n) is 2.32. The summed E-state index contributed by atoms with van der Waals surface area (Å²) in [4.78, 5) is 4.80. The standard InChI is InChI=1S/C13H16N2S.ClH/c1-13(6-8-14-9-7-13)12-15-10-4-2-3-5-11(10)16-12;/h2-5,14H,6-9H2,1H3;1H. The normalized spacial score (nSPS) is 18.9. The molecule has 2 nitrogen and oxygen atoms in total. The Morgan fingerprint density at radius 1 is 1.24 bits per heavy atom. The lowest BCUT2D eigenvalue weighted by Crippen LogP contribution is -2.37. The van der Waals surface area contributed by atoms with E-state index in [0.717, 1.165) is 18.6 Å². The molecule has 0 amide bonds. The number of fused-ring (bicyclic) bond motifs is 1. The van der Waals surface area contributed by atoms with E-state index >= 15 is 0 Å². The first-order valence-electron chi connectivity index (χ1n) is 5.85. The first kappa shape index (κ1) is 12.8. The zero-order valence-corrected chi connectivity index (χ0v) is 11.5. The Kier molecular flexibility index (Phi) is 3.71. The van der Waals surface area contributed by atoms with Crippen LogP contribution < -0.4 is 5.32 Å². The Balaban J connectivity index is 0.00000108. The highest BCUT2D eigenvalue weighted by molar-refractivity contribution is 7.18. The molecule has 1 saturated heterocycles.